The summed E-state index contributed by atoms with van der Waals surface area (Å²) in [5, 5.41) is 0. The van der Waals surface area contributed by atoms with Gasteiger partial charge in [-0.25, -0.2) is 9.59 Å². The van der Waals surface area contributed by atoms with Crippen molar-refractivity contribution in [2.45, 2.75) is 126 Å². The lowest BCUT2D eigenvalue weighted by atomic mass is 9.75. The quantitative estimate of drug-likeness (QED) is 0.262. The van der Waals surface area contributed by atoms with Crippen molar-refractivity contribution in [2.75, 3.05) is 0 Å². The van der Waals surface area contributed by atoms with Crippen molar-refractivity contribution in [1.82, 2.24) is 0 Å². The molecular formula is C26H36O6. The Morgan fingerprint density at radius 3 is 1.41 bits per heavy atom. The number of hydrogen-bond acceptors (Lipinski definition) is 6. The van der Waals surface area contributed by atoms with Crippen LogP contribution in [-0.2, 0) is 28.5 Å². The largest absolute Gasteiger partial charge is 0.455 e. The number of ether oxygens (including phenoxy) is 4. The lowest BCUT2D eigenvalue weighted by molar-refractivity contribution is -0.172. The van der Waals surface area contributed by atoms with Gasteiger partial charge in [-0.2, -0.15) is 0 Å². The van der Waals surface area contributed by atoms with E-state index in [0.717, 1.165) is 89.9 Å². The van der Waals surface area contributed by atoms with Crippen LogP contribution in [0, 0.1) is 11.8 Å². The summed E-state index contributed by atoms with van der Waals surface area (Å²) in [5.74, 6) is -0.721. The summed E-state index contributed by atoms with van der Waals surface area (Å²) < 4.78 is 24.4. The Kier molecular flexibility index (Phi) is 5.18. The molecule has 6 fully saturated rings. The molecule has 0 amide bonds. The maximum Gasteiger partial charge on any atom is 0.345 e. The number of fused-ring (bicyclic) bond motifs is 4. The van der Waals surface area contributed by atoms with E-state index in [9.17, 15) is 9.59 Å². The van der Waals surface area contributed by atoms with Crippen molar-refractivity contribution in [3.63, 3.8) is 0 Å². The van der Waals surface area contributed by atoms with E-state index >= 15 is 0 Å². The molecule has 4 heterocycles. The van der Waals surface area contributed by atoms with E-state index in [1.807, 2.05) is 0 Å². The first kappa shape index (κ1) is 21.2. The first-order valence-electron chi connectivity index (χ1n) is 12.9. The minimum Gasteiger partial charge on any atom is -0.455 e. The van der Waals surface area contributed by atoms with Crippen molar-refractivity contribution >= 4 is 11.9 Å². The van der Waals surface area contributed by atoms with Gasteiger partial charge in [-0.1, -0.05) is 6.58 Å². The molecule has 0 N–H and O–H groups in total. The van der Waals surface area contributed by atoms with Crippen LogP contribution in [0.1, 0.15) is 89.9 Å². The van der Waals surface area contributed by atoms with Gasteiger partial charge in [0.2, 0.25) is 0 Å². The fraction of sp³-hybridized carbons (Fsp3) is 0.846. The van der Waals surface area contributed by atoms with Crippen LogP contribution in [0.5, 0.6) is 0 Å². The molecule has 2 saturated carbocycles. The van der Waals surface area contributed by atoms with E-state index in [2.05, 4.69) is 6.58 Å². The fourth-order valence-electron chi connectivity index (χ4n) is 8.00. The van der Waals surface area contributed by atoms with Crippen LogP contribution in [0.15, 0.2) is 12.2 Å². The van der Waals surface area contributed by atoms with Gasteiger partial charge in [-0.3, -0.25) is 0 Å². The predicted molar refractivity (Wildman–Crippen MR) is 116 cm³/mol. The Labute approximate surface area is 190 Å². The van der Waals surface area contributed by atoms with Crippen LogP contribution < -0.4 is 0 Å². The maximum atomic E-state index is 13.1. The van der Waals surface area contributed by atoms with Crippen molar-refractivity contribution in [2.24, 2.45) is 11.8 Å². The Morgan fingerprint density at radius 2 is 1.09 bits per heavy atom. The lowest BCUT2D eigenvalue weighted by Gasteiger charge is -2.39. The van der Waals surface area contributed by atoms with Crippen LogP contribution in [-0.4, -0.2) is 47.6 Å². The van der Waals surface area contributed by atoms with Gasteiger partial charge < -0.3 is 18.9 Å². The molecule has 6 heteroatoms. The molecule has 6 unspecified atom stereocenters. The zero-order valence-corrected chi connectivity index (χ0v) is 19.0. The van der Waals surface area contributed by atoms with Crippen molar-refractivity contribution < 1.29 is 28.5 Å². The Balaban J connectivity index is 1.14. The lowest BCUT2D eigenvalue weighted by Crippen LogP contribution is -2.47. The molecule has 6 aliphatic rings. The SMILES string of the molecule is C=C(C(=O)OC1(C2CC3CCC2O3)CCCC1)C(=O)OC1(C2CC3CCC2O3)CCCC1. The molecule has 4 saturated heterocycles. The molecule has 0 spiro atoms. The minimum atomic E-state index is -0.600. The summed E-state index contributed by atoms with van der Waals surface area (Å²) >= 11 is 0. The molecule has 6 rings (SSSR count). The summed E-state index contributed by atoms with van der Waals surface area (Å²) in [5.41, 5.74) is -1.18. The first-order chi connectivity index (χ1) is 15.5. The summed E-state index contributed by atoms with van der Waals surface area (Å²) in [4.78, 5) is 26.3. The second-order valence-electron chi connectivity index (χ2n) is 11.2. The van der Waals surface area contributed by atoms with Crippen LogP contribution in [0.3, 0.4) is 0 Å². The Bertz CT molecular complexity index is 728. The first-order valence-corrected chi connectivity index (χ1v) is 12.9. The third-order valence-corrected chi connectivity index (χ3v) is 9.55. The van der Waals surface area contributed by atoms with Gasteiger partial charge >= 0.3 is 11.9 Å². The van der Waals surface area contributed by atoms with E-state index in [1.54, 1.807) is 0 Å². The molecule has 0 aromatic rings. The molecule has 0 radical (unpaired) electrons. The molecule has 4 aliphatic heterocycles. The molecule has 32 heavy (non-hydrogen) atoms. The fourth-order valence-corrected chi connectivity index (χ4v) is 8.00. The highest BCUT2D eigenvalue weighted by Gasteiger charge is 2.57. The van der Waals surface area contributed by atoms with Crippen LogP contribution in [0.25, 0.3) is 0 Å². The van der Waals surface area contributed by atoms with Crippen LogP contribution in [0.4, 0.5) is 0 Å². The topological polar surface area (TPSA) is 71.1 Å². The van der Waals surface area contributed by atoms with Crippen molar-refractivity contribution in [3.05, 3.63) is 12.2 Å². The zero-order chi connectivity index (χ0) is 21.9. The highest BCUT2D eigenvalue weighted by atomic mass is 16.6. The molecular weight excluding hydrogens is 408 g/mol. The zero-order valence-electron chi connectivity index (χ0n) is 19.0. The van der Waals surface area contributed by atoms with Gasteiger partial charge in [0.05, 0.1) is 24.4 Å². The van der Waals surface area contributed by atoms with Gasteiger partial charge in [-0.15, -0.1) is 0 Å². The monoisotopic (exact) mass is 444 g/mol. The standard InChI is InChI=1S/C26H36O6/c1-16(23(27)31-25(10-2-3-11-25)19-14-17-6-8-21(19)29-17)24(28)32-26(12-4-5-13-26)20-15-18-7-9-22(20)30-18/h17-22H,1-15H2. The second-order valence-corrected chi connectivity index (χ2v) is 11.2. The van der Waals surface area contributed by atoms with Crippen LogP contribution >= 0.6 is 0 Å². The summed E-state index contributed by atoms with van der Waals surface area (Å²) in [6.45, 7) is 3.84. The Morgan fingerprint density at radius 1 is 0.688 bits per heavy atom. The van der Waals surface area contributed by atoms with E-state index in [-0.39, 0.29) is 29.6 Å². The van der Waals surface area contributed by atoms with E-state index in [4.69, 9.17) is 18.9 Å². The van der Waals surface area contributed by atoms with E-state index in [1.165, 1.54) is 0 Å². The van der Waals surface area contributed by atoms with E-state index in [0.29, 0.717) is 12.2 Å². The number of esters is 2. The highest BCUT2D eigenvalue weighted by molar-refractivity contribution is 6.13. The number of rotatable bonds is 6. The molecule has 176 valence electrons. The molecule has 6 atom stereocenters. The normalized spacial score (nSPS) is 40.6. The predicted octanol–water partition coefficient (Wildman–Crippen LogP) is 4.39. The van der Waals surface area contributed by atoms with Gasteiger partial charge in [0, 0.05) is 11.8 Å². The van der Waals surface area contributed by atoms with Gasteiger partial charge in [0.1, 0.15) is 16.8 Å². The average molecular weight is 445 g/mol. The third kappa shape index (κ3) is 3.35. The van der Waals surface area contributed by atoms with Crippen LogP contribution in [0.2, 0.25) is 0 Å². The average Bonchev–Trinajstić information content (AvgIpc) is 3.61. The molecule has 6 nitrogen and oxygen atoms in total. The number of carbonyl (C=O) groups is 2. The van der Waals surface area contributed by atoms with E-state index < -0.39 is 23.1 Å². The highest BCUT2D eigenvalue weighted by Crippen LogP contribution is 2.53. The second kappa shape index (κ2) is 7.83. The number of carbonyl (C=O) groups excluding carboxylic acids is 2. The molecule has 4 bridgehead atoms. The Hall–Kier alpha value is -1.40. The smallest absolute Gasteiger partial charge is 0.345 e. The van der Waals surface area contributed by atoms with Gasteiger partial charge in [-0.05, 0) is 89.9 Å². The molecule has 0 aromatic heterocycles. The molecule has 2 aliphatic carbocycles. The minimum absolute atomic E-state index is 0.157. The maximum absolute atomic E-state index is 13.1. The summed E-state index contributed by atoms with van der Waals surface area (Å²) in [6.07, 6.45) is 14.8. The molecule has 0 aromatic carbocycles. The van der Waals surface area contributed by atoms with Crippen molar-refractivity contribution in [3.8, 4) is 0 Å². The third-order valence-electron chi connectivity index (χ3n) is 9.55. The summed E-state index contributed by atoms with van der Waals surface area (Å²) in [6, 6.07) is 0. The van der Waals surface area contributed by atoms with Gasteiger partial charge in [0.15, 0.2) is 0 Å². The summed E-state index contributed by atoms with van der Waals surface area (Å²) in [7, 11) is 0. The van der Waals surface area contributed by atoms with Gasteiger partial charge in [0.25, 0.3) is 0 Å². The van der Waals surface area contributed by atoms with Crippen molar-refractivity contribution in [1.29, 1.82) is 0 Å². The number of hydrogen-bond donors (Lipinski definition) is 0.